The van der Waals surface area contributed by atoms with Crippen LogP contribution < -0.4 is 4.74 Å². The standard InChI is InChI=1S/C19H25N3O3/c1-3-25-13-16-11-15(6-7-18(16)24-2)19(23)21-9-4-5-17(12-21)22-10-8-20-14-22/h6-8,10-11,14,17H,3-5,9,12-13H2,1-2H3/t17-/m0/s1. The molecule has 0 saturated carbocycles. The fourth-order valence-electron chi connectivity index (χ4n) is 3.29. The highest BCUT2D eigenvalue weighted by Crippen LogP contribution is 2.25. The molecule has 1 aliphatic heterocycles. The molecule has 0 N–H and O–H groups in total. The molecule has 2 heterocycles. The molecule has 3 rings (SSSR count). The van der Waals surface area contributed by atoms with E-state index in [9.17, 15) is 4.79 Å². The van der Waals surface area contributed by atoms with Crippen molar-refractivity contribution in [1.29, 1.82) is 0 Å². The van der Waals surface area contributed by atoms with Gasteiger partial charge >= 0.3 is 0 Å². The van der Waals surface area contributed by atoms with Crippen LogP contribution in [-0.2, 0) is 11.3 Å². The maximum Gasteiger partial charge on any atom is 0.253 e. The van der Waals surface area contributed by atoms with Gasteiger partial charge in [-0.05, 0) is 38.0 Å². The minimum Gasteiger partial charge on any atom is -0.496 e. The summed E-state index contributed by atoms with van der Waals surface area (Å²) >= 11 is 0. The van der Waals surface area contributed by atoms with E-state index in [1.165, 1.54) is 0 Å². The number of amides is 1. The monoisotopic (exact) mass is 343 g/mol. The quantitative estimate of drug-likeness (QED) is 0.809. The number of aromatic nitrogens is 2. The third-order valence-corrected chi connectivity index (χ3v) is 4.62. The molecule has 0 unspecified atom stereocenters. The van der Waals surface area contributed by atoms with Gasteiger partial charge < -0.3 is 18.9 Å². The number of carbonyl (C=O) groups is 1. The highest BCUT2D eigenvalue weighted by molar-refractivity contribution is 5.94. The molecule has 0 spiro atoms. The molecule has 0 aliphatic carbocycles. The zero-order valence-corrected chi connectivity index (χ0v) is 14.9. The lowest BCUT2D eigenvalue weighted by Crippen LogP contribution is -2.40. The predicted octanol–water partition coefficient (Wildman–Crippen LogP) is 2.91. The second kappa shape index (κ2) is 8.16. The molecule has 0 radical (unpaired) electrons. The first-order valence-corrected chi connectivity index (χ1v) is 8.74. The highest BCUT2D eigenvalue weighted by atomic mass is 16.5. The molecular formula is C19H25N3O3. The number of methoxy groups -OCH3 is 1. The van der Waals surface area contributed by atoms with Crippen molar-refractivity contribution in [1.82, 2.24) is 14.5 Å². The van der Waals surface area contributed by atoms with Gasteiger partial charge in [-0.3, -0.25) is 4.79 Å². The summed E-state index contributed by atoms with van der Waals surface area (Å²) in [6.07, 6.45) is 7.64. The molecule has 1 fully saturated rings. The van der Waals surface area contributed by atoms with Gasteiger partial charge in [-0.1, -0.05) is 0 Å². The lowest BCUT2D eigenvalue weighted by Gasteiger charge is -2.33. The van der Waals surface area contributed by atoms with Gasteiger partial charge in [0.25, 0.3) is 5.91 Å². The molecule has 1 amide bonds. The number of hydrogen-bond donors (Lipinski definition) is 0. The van der Waals surface area contributed by atoms with E-state index in [1.54, 1.807) is 13.3 Å². The summed E-state index contributed by atoms with van der Waals surface area (Å²) in [5.74, 6) is 0.810. The second-order valence-corrected chi connectivity index (χ2v) is 6.22. The van der Waals surface area contributed by atoms with Gasteiger partial charge in [-0.15, -0.1) is 0 Å². The van der Waals surface area contributed by atoms with Gasteiger partial charge in [0.1, 0.15) is 5.75 Å². The molecule has 0 bridgehead atoms. The van der Waals surface area contributed by atoms with Gasteiger partial charge in [0.2, 0.25) is 0 Å². The van der Waals surface area contributed by atoms with Crippen molar-refractivity contribution in [2.45, 2.75) is 32.4 Å². The molecule has 1 saturated heterocycles. The maximum atomic E-state index is 13.0. The predicted molar refractivity (Wildman–Crippen MR) is 94.7 cm³/mol. The lowest BCUT2D eigenvalue weighted by molar-refractivity contribution is 0.0679. The third kappa shape index (κ3) is 4.02. The van der Waals surface area contributed by atoms with Crippen LogP contribution in [0.4, 0.5) is 0 Å². The SMILES string of the molecule is CCOCc1cc(C(=O)N2CCC[C@H](n3ccnc3)C2)ccc1OC. The average Bonchev–Trinajstić information content (AvgIpc) is 3.20. The van der Waals surface area contributed by atoms with E-state index >= 15 is 0 Å². The van der Waals surface area contributed by atoms with E-state index in [4.69, 9.17) is 9.47 Å². The van der Waals surface area contributed by atoms with Crippen molar-refractivity contribution in [3.8, 4) is 5.75 Å². The Morgan fingerprint density at radius 1 is 1.40 bits per heavy atom. The summed E-state index contributed by atoms with van der Waals surface area (Å²) in [6, 6.07) is 5.86. The van der Waals surface area contributed by atoms with Crippen molar-refractivity contribution in [3.63, 3.8) is 0 Å². The van der Waals surface area contributed by atoms with E-state index in [1.807, 2.05) is 42.5 Å². The van der Waals surface area contributed by atoms with E-state index in [2.05, 4.69) is 9.55 Å². The molecule has 6 heteroatoms. The molecular weight excluding hydrogens is 318 g/mol. The number of hydrogen-bond acceptors (Lipinski definition) is 4. The van der Waals surface area contributed by atoms with Gasteiger partial charge in [0.15, 0.2) is 0 Å². The summed E-state index contributed by atoms with van der Waals surface area (Å²) in [5, 5.41) is 0. The minimum absolute atomic E-state index is 0.0604. The van der Waals surface area contributed by atoms with Crippen molar-refractivity contribution in [2.75, 3.05) is 26.8 Å². The molecule has 1 aliphatic rings. The Kier molecular flexibility index (Phi) is 5.71. The van der Waals surface area contributed by atoms with Crippen molar-refractivity contribution < 1.29 is 14.3 Å². The van der Waals surface area contributed by atoms with Gasteiger partial charge in [0.05, 0.1) is 26.1 Å². The van der Waals surface area contributed by atoms with Crippen molar-refractivity contribution in [2.24, 2.45) is 0 Å². The fourth-order valence-corrected chi connectivity index (χ4v) is 3.29. The zero-order chi connectivity index (χ0) is 17.6. The number of carbonyl (C=O) groups excluding carboxylic acids is 1. The number of rotatable bonds is 6. The second-order valence-electron chi connectivity index (χ2n) is 6.22. The van der Waals surface area contributed by atoms with E-state index in [0.29, 0.717) is 31.4 Å². The normalized spacial score (nSPS) is 17.5. The van der Waals surface area contributed by atoms with Crippen LogP contribution in [0.2, 0.25) is 0 Å². The number of imidazole rings is 1. The lowest BCUT2D eigenvalue weighted by atomic mass is 10.0. The van der Waals surface area contributed by atoms with Crippen LogP contribution in [0, 0.1) is 0 Å². The molecule has 1 atom stereocenters. The fraction of sp³-hybridized carbons (Fsp3) is 0.474. The largest absolute Gasteiger partial charge is 0.496 e. The Hall–Kier alpha value is -2.34. The van der Waals surface area contributed by atoms with Crippen molar-refractivity contribution >= 4 is 5.91 Å². The Labute approximate surface area is 148 Å². The topological polar surface area (TPSA) is 56.6 Å². The number of piperidine rings is 1. The molecule has 2 aromatic rings. The Morgan fingerprint density at radius 3 is 3.00 bits per heavy atom. The molecule has 6 nitrogen and oxygen atoms in total. The molecule has 25 heavy (non-hydrogen) atoms. The van der Waals surface area contributed by atoms with Crippen LogP contribution in [0.1, 0.15) is 41.7 Å². The minimum atomic E-state index is 0.0604. The van der Waals surface area contributed by atoms with Gasteiger partial charge in [-0.25, -0.2) is 4.98 Å². The van der Waals surface area contributed by atoms with Gasteiger partial charge in [-0.2, -0.15) is 0 Å². The zero-order valence-electron chi connectivity index (χ0n) is 14.9. The van der Waals surface area contributed by atoms with Crippen LogP contribution in [0.15, 0.2) is 36.9 Å². The Balaban J connectivity index is 1.75. The summed E-state index contributed by atoms with van der Waals surface area (Å²) in [4.78, 5) is 19.0. The van der Waals surface area contributed by atoms with Crippen LogP contribution in [0.3, 0.4) is 0 Å². The van der Waals surface area contributed by atoms with E-state index in [-0.39, 0.29) is 5.91 Å². The average molecular weight is 343 g/mol. The first-order valence-electron chi connectivity index (χ1n) is 8.74. The number of benzene rings is 1. The van der Waals surface area contributed by atoms with Crippen molar-refractivity contribution in [3.05, 3.63) is 48.0 Å². The molecule has 134 valence electrons. The number of likely N-dealkylation sites (tertiary alicyclic amines) is 1. The Bertz CT molecular complexity index is 700. The summed E-state index contributed by atoms with van der Waals surface area (Å²) in [7, 11) is 1.63. The molecule has 1 aromatic carbocycles. The molecule has 1 aromatic heterocycles. The van der Waals surface area contributed by atoms with Crippen LogP contribution >= 0.6 is 0 Å². The smallest absolute Gasteiger partial charge is 0.253 e. The van der Waals surface area contributed by atoms with Gasteiger partial charge in [0, 0.05) is 43.2 Å². The maximum absolute atomic E-state index is 13.0. The number of ether oxygens (including phenoxy) is 2. The van der Waals surface area contributed by atoms with E-state index < -0.39 is 0 Å². The number of nitrogens with zero attached hydrogens (tertiary/aromatic N) is 3. The summed E-state index contributed by atoms with van der Waals surface area (Å²) < 4.78 is 13.0. The van der Waals surface area contributed by atoms with Crippen LogP contribution in [0.25, 0.3) is 0 Å². The highest BCUT2D eigenvalue weighted by Gasteiger charge is 2.25. The summed E-state index contributed by atoms with van der Waals surface area (Å²) in [5.41, 5.74) is 1.58. The third-order valence-electron chi connectivity index (χ3n) is 4.62. The van der Waals surface area contributed by atoms with Crippen LogP contribution in [-0.4, -0.2) is 47.2 Å². The van der Waals surface area contributed by atoms with Crippen LogP contribution in [0.5, 0.6) is 5.75 Å². The first-order chi connectivity index (χ1) is 12.2. The van der Waals surface area contributed by atoms with E-state index in [0.717, 1.165) is 30.7 Å². The Morgan fingerprint density at radius 2 is 2.28 bits per heavy atom. The summed E-state index contributed by atoms with van der Waals surface area (Å²) in [6.45, 7) is 4.52. The first kappa shape index (κ1) is 17.5.